The molecule has 6 nitrogen and oxygen atoms in total. The highest BCUT2D eigenvalue weighted by molar-refractivity contribution is 7.99. The van der Waals surface area contributed by atoms with Crippen LogP contribution in [0.25, 0.3) is 0 Å². The number of thioether (sulfide) groups is 1. The number of alkyl carbamates (subject to hydrolysis) is 1. The first kappa shape index (κ1) is 29.8. The molecular weight excluding hydrogens is 541 g/mol. The van der Waals surface area contributed by atoms with E-state index in [1.807, 2.05) is 0 Å². The highest BCUT2D eigenvalue weighted by Gasteiger charge is 2.34. The van der Waals surface area contributed by atoms with Gasteiger partial charge in [-0.05, 0) is 63.4 Å². The Bertz CT molecular complexity index is 1170. The molecule has 1 heterocycles. The summed E-state index contributed by atoms with van der Waals surface area (Å²) in [4.78, 5) is 41.2. The van der Waals surface area contributed by atoms with E-state index in [-0.39, 0.29) is 43.3 Å². The zero-order valence-electron chi connectivity index (χ0n) is 21.4. The normalized spacial score (nSPS) is 16.0. The molecule has 1 aliphatic heterocycles. The molecule has 0 unspecified atom stereocenters. The molecule has 0 aliphatic carbocycles. The number of anilines is 1. The van der Waals surface area contributed by atoms with Gasteiger partial charge in [0.25, 0.3) is 5.91 Å². The molecule has 1 N–H and O–H groups in total. The summed E-state index contributed by atoms with van der Waals surface area (Å²) in [5.74, 6) is -0.439. The van der Waals surface area contributed by atoms with Crippen molar-refractivity contribution in [2.24, 2.45) is 0 Å². The van der Waals surface area contributed by atoms with Crippen molar-refractivity contribution in [1.29, 1.82) is 0 Å². The van der Waals surface area contributed by atoms with Gasteiger partial charge in [-0.25, -0.2) is 4.79 Å². The van der Waals surface area contributed by atoms with Gasteiger partial charge in [0.2, 0.25) is 0 Å². The Hall–Kier alpha value is -2.72. The number of nitrogens with one attached hydrogen (secondary N) is 1. The number of Topliss-reactive ketones (excluding diaryl/α,β-unsaturated/α-hetero) is 1. The minimum atomic E-state index is -4.25. The molecule has 38 heavy (non-hydrogen) atoms. The van der Waals surface area contributed by atoms with Gasteiger partial charge in [0.15, 0.2) is 5.78 Å². The second-order valence-corrected chi connectivity index (χ2v) is 11.5. The van der Waals surface area contributed by atoms with Gasteiger partial charge in [0.05, 0.1) is 12.2 Å². The van der Waals surface area contributed by atoms with Gasteiger partial charge >= 0.3 is 12.3 Å². The Labute approximate surface area is 229 Å². The van der Waals surface area contributed by atoms with E-state index in [9.17, 15) is 27.6 Å². The molecule has 0 spiro atoms. The van der Waals surface area contributed by atoms with Crippen molar-refractivity contribution in [2.45, 2.75) is 75.7 Å². The Balaban J connectivity index is 1.86. The number of halogens is 4. The molecule has 1 aliphatic rings. The predicted molar refractivity (Wildman–Crippen MR) is 142 cm³/mol. The third kappa shape index (κ3) is 8.94. The topological polar surface area (TPSA) is 75.7 Å². The van der Waals surface area contributed by atoms with E-state index >= 15 is 0 Å². The Kier molecular flexibility index (Phi) is 9.75. The average Bonchev–Trinajstić information content (AvgIpc) is 2.93. The quantitative estimate of drug-likeness (QED) is 0.269. The molecule has 0 radical (unpaired) electrons. The van der Waals surface area contributed by atoms with Crippen LogP contribution in [0.1, 0.15) is 62.4 Å². The molecule has 2 aromatic rings. The number of benzene rings is 2. The van der Waals surface area contributed by atoms with Gasteiger partial charge in [-0.2, -0.15) is 13.2 Å². The van der Waals surface area contributed by atoms with E-state index in [4.69, 9.17) is 16.3 Å². The van der Waals surface area contributed by atoms with E-state index in [1.165, 1.54) is 16.7 Å². The number of ether oxygens (including phenoxy) is 1. The van der Waals surface area contributed by atoms with Crippen LogP contribution in [0, 0.1) is 0 Å². The molecule has 3 rings (SSSR count). The maximum Gasteiger partial charge on any atom is 0.408 e. The maximum absolute atomic E-state index is 13.7. The first-order valence-corrected chi connectivity index (χ1v) is 13.5. The summed E-state index contributed by atoms with van der Waals surface area (Å²) in [6.07, 6.45) is -5.96. The van der Waals surface area contributed by atoms with Crippen LogP contribution >= 0.6 is 23.4 Å². The van der Waals surface area contributed by atoms with Crippen LogP contribution < -0.4 is 10.2 Å². The standard InChI is InChI=1S/C27H30ClF3N2O4S/c1-26(2,3)37-25(36)32-20-16-38-23-12-9-18(22(34)6-4-5-13-27(29,30)31)14-21(23)33(24(20)35)15-17-7-10-19(28)11-8-17/h7-12,14,20H,4-6,13,15-16H2,1-3H3,(H,32,36)/t20-/m0/s1. The van der Waals surface area contributed by atoms with Crippen LogP contribution in [0.4, 0.5) is 23.7 Å². The molecular formula is C27H30ClF3N2O4S. The number of carbonyl (C=O) groups is 3. The fourth-order valence-electron chi connectivity index (χ4n) is 3.82. The molecule has 11 heteroatoms. The molecule has 0 aromatic heterocycles. The molecule has 2 amide bonds. The van der Waals surface area contributed by atoms with Gasteiger partial charge in [0.1, 0.15) is 11.6 Å². The predicted octanol–water partition coefficient (Wildman–Crippen LogP) is 7.18. The molecule has 206 valence electrons. The largest absolute Gasteiger partial charge is 0.444 e. The van der Waals surface area contributed by atoms with Gasteiger partial charge < -0.3 is 15.0 Å². The first-order chi connectivity index (χ1) is 17.7. The smallest absolute Gasteiger partial charge is 0.408 e. The zero-order chi connectivity index (χ0) is 28.1. The van der Waals surface area contributed by atoms with E-state index in [0.717, 1.165) is 10.5 Å². The fraction of sp³-hybridized carbons (Fsp3) is 0.444. The number of rotatable bonds is 8. The highest BCUT2D eigenvalue weighted by atomic mass is 35.5. The van der Waals surface area contributed by atoms with Crippen LogP contribution in [0.15, 0.2) is 47.4 Å². The van der Waals surface area contributed by atoms with Gasteiger partial charge in [0, 0.05) is 34.1 Å². The second kappa shape index (κ2) is 12.4. The number of fused-ring (bicyclic) bond motifs is 1. The molecule has 0 bridgehead atoms. The van der Waals surface area contributed by atoms with E-state index in [2.05, 4.69) is 5.32 Å². The van der Waals surface area contributed by atoms with Crippen molar-refractivity contribution >= 4 is 46.8 Å². The highest BCUT2D eigenvalue weighted by Crippen LogP contribution is 2.37. The summed E-state index contributed by atoms with van der Waals surface area (Å²) < 4.78 is 42.6. The maximum atomic E-state index is 13.7. The number of carbonyl (C=O) groups excluding carboxylic acids is 3. The fourth-order valence-corrected chi connectivity index (χ4v) is 5.00. The lowest BCUT2D eigenvalue weighted by atomic mass is 10.0. The lowest BCUT2D eigenvalue weighted by Crippen LogP contribution is -2.50. The SMILES string of the molecule is CC(C)(C)OC(=O)N[C@H]1CSc2ccc(C(=O)CCCCC(F)(F)F)cc2N(Cc2ccc(Cl)cc2)C1=O. The van der Waals surface area contributed by atoms with E-state index < -0.39 is 30.3 Å². The number of ketones is 1. The third-order valence-corrected chi connectivity index (χ3v) is 7.01. The first-order valence-electron chi connectivity index (χ1n) is 12.1. The number of alkyl halides is 3. The third-order valence-electron chi connectivity index (χ3n) is 5.60. The van der Waals surface area contributed by atoms with E-state index in [1.54, 1.807) is 63.2 Å². The van der Waals surface area contributed by atoms with Crippen molar-refractivity contribution < 1.29 is 32.3 Å². The molecule has 0 saturated carbocycles. The van der Waals surface area contributed by atoms with Gasteiger partial charge in [-0.1, -0.05) is 29.8 Å². The van der Waals surface area contributed by atoms with Crippen LogP contribution in [0.2, 0.25) is 5.02 Å². The van der Waals surface area contributed by atoms with Gasteiger partial charge in [-0.15, -0.1) is 11.8 Å². The summed E-state index contributed by atoms with van der Waals surface area (Å²) in [6, 6.07) is 11.0. The minimum absolute atomic E-state index is 0.0318. The number of nitrogens with zero attached hydrogens (tertiary/aromatic N) is 1. The van der Waals surface area contributed by atoms with Crippen molar-refractivity contribution in [3.8, 4) is 0 Å². The summed E-state index contributed by atoms with van der Waals surface area (Å²) in [6.45, 7) is 5.32. The van der Waals surface area contributed by atoms with Crippen molar-refractivity contribution in [3.63, 3.8) is 0 Å². The van der Waals surface area contributed by atoms with Crippen LogP contribution in [0.5, 0.6) is 0 Å². The van der Waals surface area contributed by atoms with Crippen LogP contribution in [-0.4, -0.2) is 41.4 Å². The van der Waals surface area contributed by atoms with Crippen molar-refractivity contribution in [2.75, 3.05) is 10.7 Å². The van der Waals surface area contributed by atoms with Crippen LogP contribution in [-0.2, 0) is 16.1 Å². The Morgan fingerprint density at radius 3 is 2.42 bits per heavy atom. The molecule has 0 fully saturated rings. The summed E-state index contributed by atoms with van der Waals surface area (Å²) in [7, 11) is 0. The molecule has 1 atom stereocenters. The summed E-state index contributed by atoms with van der Waals surface area (Å²) in [5.41, 5.74) is 0.834. The molecule has 0 saturated heterocycles. The number of hydrogen-bond donors (Lipinski definition) is 1. The second-order valence-electron chi connectivity index (χ2n) is 9.99. The number of unbranched alkanes of at least 4 members (excludes halogenated alkanes) is 1. The Morgan fingerprint density at radius 2 is 1.79 bits per heavy atom. The molecule has 2 aromatic carbocycles. The number of amides is 2. The van der Waals surface area contributed by atoms with Crippen molar-refractivity contribution in [1.82, 2.24) is 5.32 Å². The van der Waals surface area contributed by atoms with Gasteiger partial charge in [-0.3, -0.25) is 9.59 Å². The lowest BCUT2D eigenvalue weighted by Gasteiger charge is -2.27. The Morgan fingerprint density at radius 1 is 1.11 bits per heavy atom. The van der Waals surface area contributed by atoms with E-state index in [0.29, 0.717) is 16.3 Å². The minimum Gasteiger partial charge on any atom is -0.444 e. The van der Waals surface area contributed by atoms with Crippen molar-refractivity contribution in [3.05, 3.63) is 58.6 Å². The summed E-state index contributed by atoms with van der Waals surface area (Å²) in [5, 5.41) is 3.19. The lowest BCUT2D eigenvalue weighted by molar-refractivity contribution is -0.135. The average molecular weight is 571 g/mol. The summed E-state index contributed by atoms with van der Waals surface area (Å²) >= 11 is 7.36. The zero-order valence-corrected chi connectivity index (χ0v) is 22.9. The monoisotopic (exact) mass is 570 g/mol. The number of hydrogen-bond acceptors (Lipinski definition) is 5. The van der Waals surface area contributed by atoms with Crippen LogP contribution in [0.3, 0.4) is 0 Å².